The van der Waals surface area contributed by atoms with Crippen LogP contribution >= 0.6 is 15.9 Å². The Bertz CT molecular complexity index is 589. The van der Waals surface area contributed by atoms with Crippen LogP contribution in [0.4, 0.5) is 10.1 Å². The molecule has 0 saturated carbocycles. The Balaban J connectivity index is 2.15. The first kappa shape index (κ1) is 13.7. The minimum Gasteiger partial charge on any atom is -0.378 e. The molecule has 2 aromatic carbocycles. The lowest BCUT2D eigenvalue weighted by Crippen LogP contribution is -2.21. The van der Waals surface area contributed by atoms with Crippen LogP contribution in [0.3, 0.4) is 0 Å². The van der Waals surface area contributed by atoms with E-state index in [4.69, 9.17) is 0 Å². The summed E-state index contributed by atoms with van der Waals surface area (Å²) in [5.41, 5.74) is 0.477. The number of carbonyl (C=O) groups is 1. The van der Waals surface area contributed by atoms with Crippen LogP contribution in [0.2, 0.25) is 0 Å². The fraction of sp³-hybridized carbons (Fsp3) is 0.0714. The van der Waals surface area contributed by atoms with Gasteiger partial charge < -0.3 is 10.4 Å². The maximum atomic E-state index is 13.5. The zero-order valence-electron chi connectivity index (χ0n) is 9.81. The quantitative estimate of drug-likeness (QED) is 0.910. The van der Waals surface area contributed by atoms with E-state index in [9.17, 15) is 14.3 Å². The summed E-state index contributed by atoms with van der Waals surface area (Å²) in [6, 6.07) is 12.7. The number of hydrogen-bond donors (Lipinski definition) is 2. The lowest BCUT2D eigenvalue weighted by atomic mass is 10.1. The van der Waals surface area contributed by atoms with Crippen molar-refractivity contribution in [1.82, 2.24) is 0 Å². The molecule has 1 amide bonds. The summed E-state index contributed by atoms with van der Waals surface area (Å²) in [6.45, 7) is 0. The highest BCUT2D eigenvalue weighted by Crippen LogP contribution is 2.22. The van der Waals surface area contributed by atoms with Crippen molar-refractivity contribution >= 4 is 27.5 Å². The van der Waals surface area contributed by atoms with Gasteiger partial charge in [0.2, 0.25) is 0 Å². The summed E-state index contributed by atoms with van der Waals surface area (Å²) in [5.74, 6) is -1.24. The van der Waals surface area contributed by atoms with Gasteiger partial charge in [-0.15, -0.1) is 0 Å². The lowest BCUT2D eigenvalue weighted by molar-refractivity contribution is -0.124. The molecule has 0 aliphatic heterocycles. The van der Waals surface area contributed by atoms with Crippen molar-refractivity contribution in [3.8, 4) is 0 Å². The average molecular weight is 324 g/mol. The second-order valence-electron chi connectivity index (χ2n) is 3.93. The van der Waals surface area contributed by atoms with Gasteiger partial charge in [0.15, 0.2) is 6.10 Å². The first-order valence-corrected chi connectivity index (χ1v) is 6.36. The van der Waals surface area contributed by atoms with Gasteiger partial charge in [0.05, 0.1) is 5.69 Å². The van der Waals surface area contributed by atoms with Crippen molar-refractivity contribution in [3.05, 3.63) is 64.4 Å². The third-order valence-electron chi connectivity index (χ3n) is 2.55. The molecule has 0 bridgehead atoms. The van der Waals surface area contributed by atoms with E-state index in [1.165, 1.54) is 18.2 Å². The standard InChI is InChI=1S/C14H11BrFNO2/c15-10-6-7-11(16)12(8-10)17-14(19)13(18)9-4-2-1-3-5-9/h1-8,13,18H,(H,17,19). The van der Waals surface area contributed by atoms with E-state index in [1.807, 2.05) is 0 Å². The van der Waals surface area contributed by atoms with Crippen molar-refractivity contribution in [2.45, 2.75) is 6.10 Å². The Morgan fingerprint density at radius 1 is 1.21 bits per heavy atom. The summed E-state index contributed by atoms with van der Waals surface area (Å²) in [6.07, 6.45) is -1.33. The van der Waals surface area contributed by atoms with E-state index in [-0.39, 0.29) is 5.69 Å². The average Bonchev–Trinajstić information content (AvgIpc) is 2.43. The van der Waals surface area contributed by atoms with E-state index >= 15 is 0 Å². The van der Waals surface area contributed by atoms with Crippen molar-refractivity contribution in [2.75, 3.05) is 5.32 Å². The highest BCUT2D eigenvalue weighted by Gasteiger charge is 2.18. The maximum absolute atomic E-state index is 13.5. The molecule has 98 valence electrons. The SMILES string of the molecule is O=C(Nc1cc(Br)ccc1F)C(O)c1ccccc1. The molecule has 0 saturated heterocycles. The van der Waals surface area contributed by atoms with Crippen LogP contribution in [0, 0.1) is 5.82 Å². The van der Waals surface area contributed by atoms with Crippen molar-refractivity contribution in [1.29, 1.82) is 0 Å². The normalized spacial score (nSPS) is 11.9. The maximum Gasteiger partial charge on any atom is 0.257 e. The molecule has 0 fully saturated rings. The van der Waals surface area contributed by atoms with Crippen LogP contribution in [0.5, 0.6) is 0 Å². The molecule has 0 radical (unpaired) electrons. The van der Waals surface area contributed by atoms with Crippen molar-refractivity contribution < 1.29 is 14.3 Å². The molecule has 1 unspecified atom stereocenters. The number of nitrogens with one attached hydrogen (secondary N) is 1. The topological polar surface area (TPSA) is 49.3 Å². The molecule has 0 spiro atoms. The minimum absolute atomic E-state index is 0.0226. The van der Waals surface area contributed by atoms with Crippen LogP contribution in [-0.2, 0) is 4.79 Å². The first-order chi connectivity index (χ1) is 9.08. The van der Waals surface area contributed by atoms with Gasteiger partial charge in [-0.1, -0.05) is 46.3 Å². The largest absolute Gasteiger partial charge is 0.378 e. The van der Waals surface area contributed by atoms with Crippen LogP contribution in [0.15, 0.2) is 53.0 Å². The van der Waals surface area contributed by atoms with Crippen molar-refractivity contribution in [3.63, 3.8) is 0 Å². The van der Waals surface area contributed by atoms with Gasteiger partial charge in [0, 0.05) is 4.47 Å². The van der Waals surface area contributed by atoms with Gasteiger partial charge in [-0.05, 0) is 23.8 Å². The molecule has 3 nitrogen and oxygen atoms in total. The number of aliphatic hydroxyl groups excluding tert-OH is 1. The number of carbonyl (C=O) groups excluding carboxylic acids is 1. The van der Waals surface area contributed by atoms with Gasteiger partial charge in [-0.3, -0.25) is 4.79 Å². The fourth-order valence-electron chi connectivity index (χ4n) is 1.58. The minimum atomic E-state index is -1.33. The first-order valence-electron chi connectivity index (χ1n) is 5.57. The number of benzene rings is 2. The molecular weight excluding hydrogens is 313 g/mol. The molecule has 0 aliphatic carbocycles. The Hall–Kier alpha value is -1.72. The van der Waals surface area contributed by atoms with E-state index in [2.05, 4.69) is 21.2 Å². The predicted molar refractivity (Wildman–Crippen MR) is 74.1 cm³/mol. The van der Waals surface area contributed by atoms with Gasteiger partial charge in [0.1, 0.15) is 5.82 Å². The molecule has 2 aromatic rings. The van der Waals surface area contributed by atoms with E-state index < -0.39 is 17.8 Å². The highest BCUT2D eigenvalue weighted by molar-refractivity contribution is 9.10. The Morgan fingerprint density at radius 3 is 2.58 bits per heavy atom. The van der Waals surface area contributed by atoms with Crippen LogP contribution in [0.1, 0.15) is 11.7 Å². The summed E-state index contributed by atoms with van der Waals surface area (Å²) >= 11 is 3.19. The molecule has 19 heavy (non-hydrogen) atoms. The molecule has 1 atom stereocenters. The van der Waals surface area contributed by atoms with E-state index in [0.717, 1.165) is 0 Å². The number of halogens is 2. The third kappa shape index (κ3) is 3.39. The summed E-state index contributed by atoms with van der Waals surface area (Å²) < 4.78 is 14.1. The predicted octanol–water partition coefficient (Wildman–Crippen LogP) is 3.26. The number of rotatable bonds is 3. The Kier molecular flexibility index (Phi) is 4.29. The van der Waals surface area contributed by atoms with Crippen LogP contribution in [0.25, 0.3) is 0 Å². The monoisotopic (exact) mass is 323 g/mol. The van der Waals surface area contributed by atoms with Gasteiger partial charge in [-0.25, -0.2) is 4.39 Å². The molecule has 2 rings (SSSR count). The zero-order chi connectivity index (χ0) is 13.8. The number of hydrogen-bond acceptors (Lipinski definition) is 2. The Morgan fingerprint density at radius 2 is 1.89 bits per heavy atom. The number of anilines is 1. The zero-order valence-corrected chi connectivity index (χ0v) is 11.4. The van der Waals surface area contributed by atoms with Crippen LogP contribution < -0.4 is 5.32 Å². The second kappa shape index (κ2) is 5.95. The Labute approximate surface area is 118 Å². The molecule has 5 heteroatoms. The van der Waals surface area contributed by atoms with Gasteiger partial charge >= 0.3 is 0 Å². The van der Waals surface area contributed by atoms with Gasteiger partial charge in [-0.2, -0.15) is 0 Å². The second-order valence-corrected chi connectivity index (χ2v) is 4.84. The highest BCUT2D eigenvalue weighted by atomic mass is 79.9. The molecule has 0 aliphatic rings. The van der Waals surface area contributed by atoms with Crippen LogP contribution in [-0.4, -0.2) is 11.0 Å². The lowest BCUT2D eigenvalue weighted by Gasteiger charge is -2.12. The number of aliphatic hydroxyl groups is 1. The fourth-order valence-corrected chi connectivity index (χ4v) is 1.94. The van der Waals surface area contributed by atoms with E-state index in [0.29, 0.717) is 10.0 Å². The summed E-state index contributed by atoms with van der Waals surface area (Å²) in [4.78, 5) is 11.8. The van der Waals surface area contributed by atoms with Crippen molar-refractivity contribution in [2.24, 2.45) is 0 Å². The molecule has 2 N–H and O–H groups in total. The van der Waals surface area contributed by atoms with E-state index in [1.54, 1.807) is 30.3 Å². The smallest absolute Gasteiger partial charge is 0.257 e. The molecular formula is C14H11BrFNO2. The summed E-state index contributed by atoms with van der Waals surface area (Å²) in [7, 11) is 0. The number of amides is 1. The third-order valence-corrected chi connectivity index (χ3v) is 3.04. The van der Waals surface area contributed by atoms with Gasteiger partial charge in [0.25, 0.3) is 5.91 Å². The molecule has 0 aromatic heterocycles. The molecule has 0 heterocycles. The summed E-state index contributed by atoms with van der Waals surface area (Å²) in [5, 5.41) is 12.2.